The summed E-state index contributed by atoms with van der Waals surface area (Å²) in [6.45, 7) is 6.23. The van der Waals surface area contributed by atoms with Gasteiger partial charge in [0.05, 0.1) is 17.1 Å². The van der Waals surface area contributed by atoms with Gasteiger partial charge in [-0.25, -0.2) is 18.3 Å². The molecular formula is C19H24F2N4O2. The maximum Gasteiger partial charge on any atom is 0.318 e. The lowest BCUT2D eigenvalue weighted by Gasteiger charge is -2.31. The van der Waals surface area contributed by atoms with Crippen molar-refractivity contribution >= 4 is 16.8 Å². The SMILES string of the molecule is CC(C)CN(C(=O)NC1CC1)C(C)c1nn(C)c(=O)c2cc(F)c(F)cc12. The number of aryl methyl sites for hydroxylation is 1. The molecule has 146 valence electrons. The molecule has 1 saturated carbocycles. The molecule has 1 fully saturated rings. The number of nitrogens with one attached hydrogen (secondary N) is 1. The Morgan fingerprint density at radius 1 is 1.26 bits per heavy atom. The smallest absolute Gasteiger partial charge is 0.318 e. The fraction of sp³-hybridized carbons (Fsp3) is 0.526. The Morgan fingerprint density at radius 3 is 2.41 bits per heavy atom. The summed E-state index contributed by atoms with van der Waals surface area (Å²) >= 11 is 0. The molecule has 8 heteroatoms. The van der Waals surface area contributed by atoms with Crippen LogP contribution in [0.25, 0.3) is 10.8 Å². The average Bonchev–Trinajstić information content (AvgIpc) is 3.41. The fourth-order valence-electron chi connectivity index (χ4n) is 3.12. The number of carbonyl (C=O) groups is 1. The van der Waals surface area contributed by atoms with E-state index in [0.717, 1.165) is 29.7 Å². The van der Waals surface area contributed by atoms with E-state index in [0.29, 0.717) is 12.2 Å². The summed E-state index contributed by atoms with van der Waals surface area (Å²) in [4.78, 5) is 26.7. The second-order valence-corrected chi connectivity index (χ2v) is 7.57. The zero-order valence-corrected chi connectivity index (χ0v) is 15.9. The van der Waals surface area contributed by atoms with Crippen LogP contribution in [0.2, 0.25) is 0 Å². The van der Waals surface area contributed by atoms with Crippen molar-refractivity contribution in [3.05, 3.63) is 39.8 Å². The average molecular weight is 378 g/mol. The van der Waals surface area contributed by atoms with Crippen LogP contribution in [0.3, 0.4) is 0 Å². The number of halogens is 2. The number of fused-ring (bicyclic) bond motifs is 1. The van der Waals surface area contributed by atoms with Crippen molar-refractivity contribution in [1.82, 2.24) is 20.0 Å². The van der Waals surface area contributed by atoms with E-state index in [1.807, 2.05) is 13.8 Å². The number of urea groups is 1. The van der Waals surface area contributed by atoms with E-state index in [2.05, 4.69) is 10.4 Å². The molecule has 0 saturated heterocycles. The standard InChI is InChI=1S/C19H24F2N4O2/c1-10(2)9-25(19(27)22-12-5-6-12)11(3)17-13-7-15(20)16(21)8-14(13)18(26)24(4)23-17/h7-8,10-12H,5-6,9H2,1-4H3,(H,22,27). The van der Waals surface area contributed by atoms with Gasteiger partial charge in [0.25, 0.3) is 5.56 Å². The number of hydrogen-bond acceptors (Lipinski definition) is 3. The molecule has 0 spiro atoms. The van der Waals surface area contributed by atoms with Gasteiger partial charge in [-0.05, 0) is 37.8 Å². The lowest BCUT2D eigenvalue weighted by Crippen LogP contribution is -2.44. The van der Waals surface area contributed by atoms with Crippen molar-refractivity contribution in [1.29, 1.82) is 0 Å². The molecule has 6 nitrogen and oxygen atoms in total. The molecule has 27 heavy (non-hydrogen) atoms. The van der Waals surface area contributed by atoms with Gasteiger partial charge in [0.2, 0.25) is 0 Å². The van der Waals surface area contributed by atoms with Crippen LogP contribution in [0.4, 0.5) is 13.6 Å². The summed E-state index contributed by atoms with van der Waals surface area (Å²) in [5.41, 5.74) is -0.157. The molecule has 1 aromatic heterocycles. The molecule has 0 aliphatic heterocycles. The topological polar surface area (TPSA) is 67.2 Å². The molecule has 1 aromatic carbocycles. The normalized spacial score (nSPS) is 15.2. The van der Waals surface area contributed by atoms with Crippen molar-refractivity contribution in [3.63, 3.8) is 0 Å². The van der Waals surface area contributed by atoms with Crippen LogP contribution in [0.1, 0.15) is 45.3 Å². The predicted octanol–water partition coefficient (Wildman–Crippen LogP) is 3.10. The van der Waals surface area contributed by atoms with E-state index in [1.54, 1.807) is 11.8 Å². The minimum atomic E-state index is -1.09. The van der Waals surface area contributed by atoms with Crippen molar-refractivity contribution < 1.29 is 13.6 Å². The number of rotatable bonds is 5. The van der Waals surface area contributed by atoms with E-state index in [4.69, 9.17) is 0 Å². The molecular weight excluding hydrogens is 354 g/mol. The second kappa shape index (κ2) is 7.25. The first kappa shape index (κ1) is 19.3. The van der Waals surface area contributed by atoms with Crippen LogP contribution in [0.5, 0.6) is 0 Å². The van der Waals surface area contributed by atoms with Gasteiger partial charge >= 0.3 is 6.03 Å². The molecule has 0 bridgehead atoms. The Morgan fingerprint density at radius 2 is 1.85 bits per heavy atom. The summed E-state index contributed by atoms with van der Waals surface area (Å²) in [6.07, 6.45) is 1.92. The lowest BCUT2D eigenvalue weighted by atomic mass is 10.0. The third-order valence-corrected chi connectivity index (χ3v) is 4.71. The lowest BCUT2D eigenvalue weighted by molar-refractivity contribution is 0.168. The molecule has 1 aliphatic carbocycles. The Balaban J connectivity index is 2.09. The number of nitrogens with zero attached hydrogens (tertiary/aromatic N) is 3. The minimum Gasteiger partial charge on any atom is -0.335 e. The van der Waals surface area contributed by atoms with E-state index in [1.165, 1.54) is 7.05 Å². The van der Waals surface area contributed by atoms with Crippen molar-refractivity contribution in [2.75, 3.05) is 6.54 Å². The number of hydrogen-bond donors (Lipinski definition) is 1. The number of benzene rings is 1. The summed E-state index contributed by atoms with van der Waals surface area (Å²) in [6, 6.07) is 1.32. The van der Waals surface area contributed by atoms with Crippen LogP contribution in [-0.4, -0.2) is 33.3 Å². The largest absolute Gasteiger partial charge is 0.335 e. The third-order valence-electron chi connectivity index (χ3n) is 4.71. The first-order chi connectivity index (χ1) is 12.7. The van der Waals surface area contributed by atoms with Gasteiger partial charge in [0, 0.05) is 25.0 Å². The zero-order valence-electron chi connectivity index (χ0n) is 15.9. The maximum atomic E-state index is 13.9. The van der Waals surface area contributed by atoms with Gasteiger partial charge in [-0.3, -0.25) is 4.79 Å². The van der Waals surface area contributed by atoms with Gasteiger partial charge in [-0.2, -0.15) is 5.10 Å². The summed E-state index contributed by atoms with van der Waals surface area (Å²) < 4.78 is 28.6. The summed E-state index contributed by atoms with van der Waals surface area (Å²) in [5.74, 6) is -1.94. The molecule has 0 radical (unpaired) electrons. The van der Waals surface area contributed by atoms with E-state index in [-0.39, 0.29) is 28.8 Å². The monoisotopic (exact) mass is 378 g/mol. The number of aromatic nitrogens is 2. The molecule has 1 heterocycles. The third kappa shape index (κ3) is 3.94. The summed E-state index contributed by atoms with van der Waals surface area (Å²) in [5, 5.41) is 7.49. The van der Waals surface area contributed by atoms with Crippen LogP contribution in [0.15, 0.2) is 16.9 Å². The maximum absolute atomic E-state index is 13.9. The van der Waals surface area contributed by atoms with Crippen molar-refractivity contribution in [2.24, 2.45) is 13.0 Å². The highest BCUT2D eigenvalue weighted by Crippen LogP contribution is 2.28. The first-order valence-corrected chi connectivity index (χ1v) is 9.12. The Kier molecular flexibility index (Phi) is 5.17. The Labute approximate surface area is 156 Å². The van der Waals surface area contributed by atoms with Crippen LogP contribution < -0.4 is 10.9 Å². The van der Waals surface area contributed by atoms with Gasteiger partial charge in [-0.1, -0.05) is 13.8 Å². The highest BCUT2D eigenvalue weighted by Gasteiger charge is 2.30. The van der Waals surface area contributed by atoms with E-state index < -0.39 is 23.2 Å². The van der Waals surface area contributed by atoms with E-state index >= 15 is 0 Å². The summed E-state index contributed by atoms with van der Waals surface area (Å²) in [7, 11) is 1.45. The van der Waals surface area contributed by atoms with Gasteiger partial charge in [0.1, 0.15) is 0 Å². The van der Waals surface area contributed by atoms with Gasteiger partial charge < -0.3 is 10.2 Å². The predicted molar refractivity (Wildman–Crippen MR) is 98.4 cm³/mol. The van der Waals surface area contributed by atoms with Crippen molar-refractivity contribution in [2.45, 2.75) is 45.7 Å². The molecule has 2 aromatic rings. The molecule has 3 rings (SSSR count). The minimum absolute atomic E-state index is 0.0420. The molecule has 1 atom stereocenters. The van der Waals surface area contributed by atoms with E-state index in [9.17, 15) is 18.4 Å². The second-order valence-electron chi connectivity index (χ2n) is 7.57. The van der Waals surface area contributed by atoms with Crippen molar-refractivity contribution in [3.8, 4) is 0 Å². The molecule has 1 N–H and O–H groups in total. The molecule has 2 amide bonds. The van der Waals surface area contributed by atoms with Gasteiger partial charge in [-0.15, -0.1) is 0 Å². The van der Waals surface area contributed by atoms with Crippen LogP contribution in [-0.2, 0) is 7.05 Å². The van der Waals surface area contributed by atoms with Crippen LogP contribution >= 0.6 is 0 Å². The number of carbonyl (C=O) groups excluding carboxylic acids is 1. The van der Waals surface area contributed by atoms with Crippen LogP contribution in [0, 0.1) is 17.6 Å². The fourth-order valence-corrected chi connectivity index (χ4v) is 3.12. The quantitative estimate of drug-likeness (QED) is 0.869. The van der Waals surface area contributed by atoms with Gasteiger partial charge in [0.15, 0.2) is 11.6 Å². The molecule has 1 unspecified atom stereocenters. The highest BCUT2D eigenvalue weighted by molar-refractivity contribution is 5.85. The highest BCUT2D eigenvalue weighted by atomic mass is 19.2. The zero-order chi connectivity index (χ0) is 19.9. The molecule has 1 aliphatic rings. The Bertz CT molecular complexity index is 937. The first-order valence-electron chi connectivity index (χ1n) is 9.12. The Hall–Kier alpha value is -2.51. The number of amides is 2.